The van der Waals surface area contributed by atoms with Crippen LogP contribution in [0.2, 0.25) is 0 Å². The van der Waals surface area contributed by atoms with Crippen molar-refractivity contribution in [1.29, 1.82) is 0 Å². The van der Waals surface area contributed by atoms with Crippen LogP contribution in [-0.2, 0) is 13.0 Å². The second kappa shape index (κ2) is 4.94. The lowest BCUT2D eigenvalue weighted by Crippen LogP contribution is -2.03. The van der Waals surface area contributed by atoms with Crippen LogP contribution in [0, 0.1) is 5.92 Å². The van der Waals surface area contributed by atoms with Crippen molar-refractivity contribution in [1.82, 2.24) is 20.2 Å². The van der Waals surface area contributed by atoms with Gasteiger partial charge in [-0.3, -0.25) is 0 Å². The standard InChI is InChI=1S/C9H18N4/c1-4-5-6-13-11-9(10-12-13)7-8(2)3/h8H,4-7H2,1-3H3. The smallest absolute Gasteiger partial charge is 0.164 e. The maximum absolute atomic E-state index is 4.28. The first-order chi connectivity index (χ1) is 6.22. The van der Waals surface area contributed by atoms with Crippen LogP contribution in [0.4, 0.5) is 0 Å². The number of aromatic nitrogens is 4. The number of hydrogen-bond donors (Lipinski definition) is 0. The summed E-state index contributed by atoms with van der Waals surface area (Å²) >= 11 is 0. The van der Waals surface area contributed by atoms with Crippen molar-refractivity contribution in [2.75, 3.05) is 0 Å². The summed E-state index contributed by atoms with van der Waals surface area (Å²) in [6, 6.07) is 0. The van der Waals surface area contributed by atoms with Crippen molar-refractivity contribution in [3.63, 3.8) is 0 Å². The van der Waals surface area contributed by atoms with Gasteiger partial charge < -0.3 is 0 Å². The Balaban J connectivity index is 2.44. The highest BCUT2D eigenvalue weighted by atomic mass is 15.6. The Morgan fingerprint density at radius 1 is 1.38 bits per heavy atom. The fraction of sp³-hybridized carbons (Fsp3) is 0.889. The molecule has 1 aromatic heterocycles. The molecule has 0 aliphatic carbocycles. The van der Waals surface area contributed by atoms with Crippen LogP contribution in [0.1, 0.15) is 39.4 Å². The molecule has 0 saturated carbocycles. The number of hydrogen-bond acceptors (Lipinski definition) is 3. The van der Waals surface area contributed by atoms with Crippen molar-refractivity contribution in [3.8, 4) is 0 Å². The zero-order chi connectivity index (χ0) is 9.68. The fourth-order valence-electron chi connectivity index (χ4n) is 1.12. The monoisotopic (exact) mass is 182 g/mol. The molecule has 4 heteroatoms. The number of unbranched alkanes of at least 4 members (excludes halogenated alkanes) is 1. The van der Waals surface area contributed by atoms with Gasteiger partial charge in [0.1, 0.15) is 0 Å². The van der Waals surface area contributed by atoms with E-state index in [0.29, 0.717) is 5.92 Å². The molecule has 74 valence electrons. The summed E-state index contributed by atoms with van der Waals surface area (Å²) in [4.78, 5) is 1.70. The van der Waals surface area contributed by atoms with Gasteiger partial charge in [-0.25, -0.2) is 0 Å². The first-order valence-electron chi connectivity index (χ1n) is 4.99. The lowest BCUT2D eigenvalue weighted by Gasteiger charge is -1.97. The maximum Gasteiger partial charge on any atom is 0.175 e. The molecule has 0 atom stereocenters. The Morgan fingerprint density at radius 2 is 2.15 bits per heavy atom. The third-order valence-electron chi connectivity index (χ3n) is 1.80. The van der Waals surface area contributed by atoms with E-state index in [2.05, 4.69) is 36.2 Å². The molecule has 0 N–H and O–H groups in total. The second-order valence-corrected chi connectivity index (χ2v) is 3.75. The van der Waals surface area contributed by atoms with Crippen LogP contribution < -0.4 is 0 Å². The molecule has 0 aromatic carbocycles. The van der Waals surface area contributed by atoms with Crippen molar-refractivity contribution in [2.45, 2.75) is 46.6 Å². The Morgan fingerprint density at radius 3 is 2.77 bits per heavy atom. The maximum atomic E-state index is 4.28. The van der Waals surface area contributed by atoms with Gasteiger partial charge in [-0.2, -0.15) is 4.80 Å². The van der Waals surface area contributed by atoms with E-state index in [-0.39, 0.29) is 0 Å². The average molecular weight is 182 g/mol. The molecule has 1 aromatic rings. The quantitative estimate of drug-likeness (QED) is 0.695. The predicted octanol–water partition coefficient (Wildman–Crippen LogP) is 1.67. The SMILES string of the molecule is CCCCn1nnc(CC(C)C)n1. The molecule has 4 nitrogen and oxygen atoms in total. The molecule has 0 aliphatic rings. The Bertz CT molecular complexity index is 242. The highest BCUT2D eigenvalue weighted by molar-refractivity contribution is 4.77. The average Bonchev–Trinajstić information content (AvgIpc) is 2.48. The van der Waals surface area contributed by atoms with E-state index in [0.717, 1.165) is 25.2 Å². The first-order valence-corrected chi connectivity index (χ1v) is 4.99. The summed E-state index contributed by atoms with van der Waals surface area (Å²) in [5.41, 5.74) is 0. The summed E-state index contributed by atoms with van der Waals surface area (Å²) in [6.07, 6.45) is 3.21. The highest BCUT2D eigenvalue weighted by Gasteiger charge is 2.04. The van der Waals surface area contributed by atoms with Gasteiger partial charge >= 0.3 is 0 Å². The van der Waals surface area contributed by atoms with Gasteiger partial charge in [-0.05, 0) is 17.6 Å². The van der Waals surface area contributed by atoms with Crippen molar-refractivity contribution in [3.05, 3.63) is 5.82 Å². The number of rotatable bonds is 5. The number of tetrazole rings is 1. The van der Waals surface area contributed by atoms with Crippen LogP contribution in [-0.4, -0.2) is 20.2 Å². The molecule has 1 heterocycles. The van der Waals surface area contributed by atoms with Crippen LogP contribution in [0.15, 0.2) is 0 Å². The zero-order valence-corrected chi connectivity index (χ0v) is 8.69. The molecule has 0 aliphatic heterocycles. The molecular weight excluding hydrogens is 164 g/mol. The molecule has 0 unspecified atom stereocenters. The van der Waals surface area contributed by atoms with Crippen molar-refractivity contribution in [2.24, 2.45) is 5.92 Å². The molecule has 0 spiro atoms. The zero-order valence-electron chi connectivity index (χ0n) is 8.69. The first kappa shape index (κ1) is 10.2. The van der Waals surface area contributed by atoms with Gasteiger partial charge in [0.25, 0.3) is 0 Å². The summed E-state index contributed by atoms with van der Waals surface area (Å²) in [6.45, 7) is 7.37. The topological polar surface area (TPSA) is 43.6 Å². The van der Waals surface area contributed by atoms with E-state index >= 15 is 0 Å². The minimum atomic E-state index is 0.601. The minimum Gasteiger partial charge on any atom is -0.164 e. The summed E-state index contributed by atoms with van der Waals surface area (Å²) < 4.78 is 0. The molecule has 1 rings (SSSR count). The Hall–Kier alpha value is -0.930. The van der Waals surface area contributed by atoms with E-state index in [1.54, 1.807) is 4.80 Å². The Kier molecular flexibility index (Phi) is 3.86. The van der Waals surface area contributed by atoms with Crippen LogP contribution in [0.3, 0.4) is 0 Å². The van der Waals surface area contributed by atoms with Gasteiger partial charge in [-0.1, -0.05) is 27.2 Å². The van der Waals surface area contributed by atoms with Crippen LogP contribution >= 0.6 is 0 Å². The fourth-order valence-corrected chi connectivity index (χ4v) is 1.12. The van der Waals surface area contributed by atoms with Crippen LogP contribution in [0.25, 0.3) is 0 Å². The van der Waals surface area contributed by atoms with E-state index in [9.17, 15) is 0 Å². The summed E-state index contributed by atoms with van der Waals surface area (Å²) in [7, 11) is 0. The van der Waals surface area contributed by atoms with E-state index in [1.165, 1.54) is 6.42 Å². The van der Waals surface area contributed by atoms with Crippen LogP contribution in [0.5, 0.6) is 0 Å². The Labute approximate surface area is 79.3 Å². The number of nitrogens with zero attached hydrogens (tertiary/aromatic N) is 4. The normalized spacial score (nSPS) is 11.1. The lowest BCUT2D eigenvalue weighted by atomic mass is 10.1. The molecule has 0 fully saturated rings. The van der Waals surface area contributed by atoms with Crippen molar-refractivity contribution >= 4 is 0 Å². The van der Waals surface area contributed by atoms with E-state index in [1.807, 2.05) is 0 Å². The second-order valence-electron chi connectivity index (χ2n) is 3.75. The van der Waals surface area contributed by atoms with Gasteiger partial charge in [-0.15, -0.1) is 10.2 Å². The highest BCUT2D eigenvalue weighted by Crippen LogP contribution is 2.00. The number of aryl methyl sites for hydroxylation is 1. The summed E-state index contributed by atoms with van der Waals surface area (Å²) in [5.74, 6) is 1.47. The molecule has 0 radical (unpaired) electrons. The minimum absolute atomic E-state index is 0.601. The van der Waals surface area contributed by atoms with E-state index in [4.69, 9.17) is 0 Å². The molecular formula is C9H18N4. The summed E-state index contributed by atoms with van der Waals surface area (Å²) in [5, 5.41) is 12.3. The lowest BCUT2D eigenvalue weighted by molar-refractivity contribution is 0.492. The van der Waals surface area contributed by atoms with Gasteiger partial charge in [0, 0.05) is 6.42 Å². The third-order valence-corrected chi connectivity index (χ3v) is 1.80. The van der Waals surface area contributed by atoms with E-state index < -0.39 is 0 Å². The van der Waals surface area contributed by atoms with Crippen molar-refractivity contribution < 1.29 is 0 Å². The third kappa shape index (κ3) is 3.53. The largest absolute Gasteiger partial charge is 0.175 e. The molecule has 0 saturated heterocycles. The molecule has 0 bridgehead atoms. The van der Waals surface area contributed by atoms with Gasteiger partial charge in [0.2, 0.25) is 0 Å². The van der Waals surface area contributed by atoms with Gasteiger partial charge in [0.05, 0.1) is 6.54 Å². The molecule has 0 amide bonds. The molecule has 13 heavy (non-hydrogen) atoms. The van der Waals surface area contributed by atoms with Gasteiger partial charge in [0.15, 0.2) is 5.82 Å². The predicted molar refractivity (Wildman–Crippen MR) is 51.3 cm³/mol.